The van der Waals surface area contributed by atoms with Gasteiger partial charge in [0.25, 0.3) is 0 Å². The lowest BCUT2D eigenvalue weighted by atomic mass is 10.1. The summed E-state index contributed by atoms with van der Waals surface area (Å²) in [5, 5.41) is 4.78. The van der Waals surface area contributed by atoms with Gasteiger partial charge in [0.15, 0.2) is 0 Å². The number of hydrogen-bond donors (Lipinski definition) is 1. The van der Waals surface area contributed by atoms with E-state index in [2.05, 4.69) is 39.9 Å². The Balaban J connectivity index is 2.72. The highest BCUT2D eigenvalue weighted by atomic mass is 32.1. The van der Waals surface area contributed by atoms with E-state index >= 15 is 0 Å². The molecule has 0 bridgehead atoms. The van der Waals surface area contributed by atoms with Crippen LogP contribution in [0.4, 0.5) is 0 Å². The third-order valence-corrected chi connectivity index (χ3v) is 4.23. The van der Waals surface area contributed by atoms with Crippen molar-refractivity contribution in [2.75, 3.05) is 0 Å². The largest absolute Gasteiger partial charge is 0.310 e. The van der Waals surface area contributed by atoms with Gasteiger partial charge in [-0.15, -0.1) is 11.3 Å². The fourth-order valence-corrected chi connectivity index (χ4v) is 3.01. The molecule has 92 valence electrons. The average molecular weight is 240 g/mol. The highest BCUT2D eigenvalue weighted by molar-refractivity contribution is 7.11. The number of aryl methyl sites for hydroxylation is 1. The smallest absolute Gasteiger partial charge is 0.0962 e. The van der Waals surface area contributed by atoms with Crippen molar-refractivity contribution in [2.45, 2.75) is 66.0 Å². The normalized spacial score (nSPS) is 11.7. The minimum Gasteiger partial charge on any atom is -0.310 e. The number of rotatable bonds is 6. The van der Waals surface area contributed by atoms with Gasteiger partial charge in [-0.3, -0.25) is 0 Å². The Morgan fingerprint density at radius 3 is 2.38 bits per heavy atom. The molecule has 0 aromatic carbocycles. The summed E-state index contributed by atoms with van der Waals surface area (Å²) in [6, 6.07) is 0.540. The fourth-order valence-electron chi connectivity index (χ4n) is 1.72. The monoisotopic (exact) mass is 240 g/mol. The van der Waals surface area contributed by atoms with Crippen LogP contribution in [0.2, 0.25) is 0 Å². The first-order valence-corrected chi connectivity index (χ1v) is 7.09. The number of nitrogens with one attached hydrogen (secondary N) is 1. The molecule has 1 rings (SSSR count). The molecule has 1 N–H and O–H groups in total. The van der Waals surface area contributed by atoms with Gasteiger partial charge >= 0.3 is 0 Å². The number of aromatic nitrogens is 1. The summed E-state index contributed by atoms with van der Waals surface area (Å²) >= 11 is 1.89. The van der Waals surface area contributed by atoms with E-state index in [0.717, 1.165) is 6.54 Å². The van der Waals surface area contributed by atoms with Gasteiger partial charge in [0.1, 0.15) is 0 Å². The summed E-state index contributed by atoms with van der Waals surface area (Å²) < 4.78 is 0. The third-order valence-electron chi connectivity index (χ3n) is 2.91. The highest BCUT2D eigenvalue weighted by Crippen LogP contribution is 2.29. The van der Waals surface area contributed by atoms with Crippen molar-refractivity contribution < 1.29 is 0 Å². The van der Waals surface area contributed by atoms with Crippen molar-refractivity contribution in [1.29, 1.82) is 0 Å². The Hall–Kier alpha value is -0.410. The lowest BCUT2D eigenvalue weighted by molar-refractivity contribution is 0.591. The second-order valence-electron chi connectivity index (χ2n) is 4.61. The zero-order valence-corrected chi connectivity index (χ0v) is 11.9. The van der Waals surface area contributed by atoms with Crippen LogP contribution in [0.15, 0.2) is 0 Å². The Bertz CT molecular complexity index is 314. The predicted molar refractivity (Wildman–Crippen MR) is 72.1 cm³/mol. The molecule has 2 nitrogen and oxygen atoms in total. The molecule has 0 radical (unpaired) electrons. The molecule has 0 unspecified atom stereocenters. The molecular weight excluding hydrogens is 216 g/mol. The summed E-state index contributed by atoms with van der Waals surface area (Å²) in [6.45, 7) is 11.9. The third kappa shape index (κ3) is 3.56. The molecule has 0 aliphatic rings. The average Bonchev–Trinajstić information content (AvgIpc) is 2.59. The van der Waals surface area contributed by atoms with Gasteiger partial charge in [-0.1, -0.05) is 27.7 Å². The maximum absolute atomic E-state index is 4.71. The first-order valence-electron chi connectivity index (χ1n) is 6.28. The summed E-state index contributed by atoms with van der Waals surface area (Å²) in [4.78, 5) is 6.11. The minimum atomic E-state index is 0.540. The molecule has 0 spiro atoms. The van der Waals surface area contributed by atoms with Crippen molar-refractivity contribution >= 4 is 11.3 Å². The van der Waals surface area contributed by atoms with Gasteiger partial charge in [0.05, 0.1) is 10.7 Å². The van der Waals surface area contributed by atoms with E-state index in [1.807, 2.05) is 11.3 Å². The van der Waals surface area contributed by atoms with Crippen LogP contribution in [0.25, 0.3) is 0 Å². The van der Waals surface area contributed by atoms with Crippen molar-refractivity contribution in [3.05, 3.63) is 15.6 Å². The number of hydrogen-bond acceptors (Lipinski definition) is 3. The Labute approximate surface area is 103 Å². The lowest BCUT2D eigenvalue weighted by Crippen LogP contribution is -2.21. The molecule has 1 heterocycles. The van der Waals surface area contributed by atoms with E-state index in [1.165, 1.54) is 28.4 Å². The second-order valence-corrected chi connectivity index (χ2v) is 5.72. The molecule has 0 aliphatic carbocycles. The maximum atomic E-state index is 4.71. The zero-order chi connectivity index (χ0) is 12.1. The van der Waals surface area contributed by atoms with Gasteiger partial charge in [-0.05, 0) is 19.8 Å². The summed E-state index contributed by atoms with van der Waals surface area (Å²) in [6.07, 6.45) is 2.39. The SMILES string of the molecule is CCC(CC)c1nc(C)c(CNC(C)C)s1. The van der Waals surface area contributed by atoms with Crippen molar-refractivity contribution in [2.24, 2.45) is 0 Å². The first-order chi connectivity index (χ1) is 7.58. The maximum Gasteiger partial charge on any atom is 0.0962 e. The summed E-state index contributed by atoms with van der Waals surface area (Å²) in [7, 11) is 0. The Morgan fingerprint density at radius 2 is 1.88 bits per heavy atom. The van der Waals surface area contributed by atoms with E-state index in [1.54, 1.807) is 0 Å². The zero-order valence-electron chi connectivity index (χ0n) is 11.1. The molecule has 0 amide bonds. The van der Waals surface area contributed by atoms with Crippen LogP contribution >= 0.6 is 11.3 Å². The number of thiazole rings is 1. The highest BCUT2D eigenvalue weighted by Gasteiger charge is 2.14. The van der Waals surface area contributed by atoms with Gasteiger partial charge in [-0.25, -0.2) is 4.98 Å². The summed E-state index contributed by atoms with van der Waals surface area (Å²) in [5.74, 6) is 0.650. The van der Waals surface area contributed by atoms with Crippen molar-refractivity contribution in [1.82, 2.24) is 10.3 Å². The Morgan fingerprint density at radius 1 is 1.25 bits per heavy atom. The molecule has 3 heteroatoms. The van der Waals surface area contributed by atoms with Crippen LogP contribution in [0.3, 0.4) is 0 Å². The van der Waals surface area contributed by atoms with E-state index in [9.17, 15) is 0 Å². The van der Waals surface area contributed by atoms with Crippen LogP contribution in [-0.2, 0) is 6.54 Å². The second kappa shape index (κ2) is 6.36. The van der Waals surface area contributed by atoms with Crippen LogP contribution in [0, 0.1) is 6.92 Å². The standard InChI is InChI=1S/C13H24N2S/c1-6-11(7-2)13-15-10(5)12(16-13)8-14-9(3)4/h9,11,14H,6-8H2,1-5H3. The number of nitrogens with zero attached hydrogens (tertiary/aromatic N) is 1. The quantitative estimate of drug-likeness (QED) is 0.817. The summed E-state index contributed by atoms with van der Waals surface area (Å²) in [5.41, 5.74) is 1.21. The molecule has 0 aliphatic heterocycles. The van der Waals surface area contributed by atoms with E-state index in [0.29, 0.717) is 12.0 Å². The van der Waals surface area contributed by atoms with Crippen molar-refractivity contribution in [3.8, 4) is 0 Å². The molecule has 1 aromatic heterocycles. The van der Waals surface area contributed by atoms with Gasteiger partial charge in [0.2, 0.25) is 0 Å². The van der Waals surface area contributed by atoms with Crippen LogP contribution in [-0.4, -0.2) is 11.0 Å². The fraction of sp³-hybridized carbons (Fsp3) is 0.769. The van der Waals surface area contributed by atoms with E-state index in [4.69, 9.17) is 4.98 Å². The van der Waals surface area contributed by atoms with Crippen LogP contribution in [0.1, 0.15) is 62.0 Å². The van der Waals surface area contributed by atoms with Gasteiger partial charge in [0, 0.05) is 23.4 Å². The first kappa shape index (κ1) is 13.7. The molecule has 1 aromatic rings. The predicted octanol–water partition coefficient (Wildman–Crippen LogP) is 3.85. The molecule has 0 fully saturated rings. The van der Waals surface area contributed by atoms with Crippen molar-refractivity contribution in [3.63, 3.8) is 0 Å². The molecule has 0 atom stereocenters. The Kier molecular flexibility index (Phi) is 5.42. The van der Waals surface area contributed by atoms with Gasteiger partial charge < -0.3 is 5.32 Å². The topological polar surface area (TPSA) is 24.9 Å². The van der Waals surface area contributed by atoms with E-state index in [-0.39, 0.29) is 0 Å². The molecule has 0 saturated carbocycles. The molecular formula is C13H24N2S. The van der Waals surface area contributed by atoms with Gasteiger partial charge in [-0.2, -0.15) is 0 Å². The molecule has 0 saturated heterocycles. The molecule has 16 heavy (non-hydrogen) atoms. The van der Waals surface area contributed by atoms with E-state index < -0.39 is 0 Å². The lowest BCUT2D eigenvalue weighted by Gasteiger charge is -2.07. The van der Waals surface area contributed by atoms with Crippen LogP contribution in [0.5, 0.6) is 0 Å². The van der Waals surface area contributed by atoms with Crippen LogP contribution < -0.4 is 5.32 Å². The minimum absolute atomic E-state index is 0.540.